The Morgan fingerprint density at radius 3 is 2.41 bits per heavy atom. The van der Waals surface area contributed by atoms with Crippen molar-refractivity contribution >= 4 is 21.6 Å². The summed E-state index contributed by atoms with van der Waals surface area (Å²) in [6, 6.07) is 13.6. The number of benzene rings is 2. The Hall–Kier alpha value is -2.54. The maximum absolute atomic E-state index is 12.6. The van der Waals surface area contributed by atoms with Gasteiger partial charge in [0.15, 0.2) is 0 Å². The molecule has 0 spiro atoms. The fraction of sp³-hybridized carbons (Fsp3) is 0.350. The molecule has 1 amide bonds. The van der Waals surface area contributed by atoms with E-state index < -0.39 is 16.1 Å². The zero-order chi connectivity index (χ0) is 20.0. The minimum atomic E-state index is -3.62. The number of nitrogens with one attached hydrogen (secondary N) is 1. The van der Waals surface area contributed by atoms with Crippen LogP contribution in [-0.4, -0.2) is 33.2 Å². The number of anilines is 1. The third-order valence-electron chi connectivity index (χ3n) is 4.05. The molecule has 0 aliphatic heterocycles. The number of rotatable bonds is 8. The van der Waals surface area contributed by atoms with Gasteiger partial charge >= 0.3 is 0 Å². The first-order valence-electron chi connectivity index (χ1n) is 8.78. The molecule has 0 aliphatic rings. The van der Waals surface area contributed by atoms with Crippen molar-refractivity contribution in [2.45, 2.75) is 33.4 Å². The van der Waals surface area contributed by atoms with E-state index in [1.54, 1.807) is 25.1 Å². The van der Waals surface area contributed by atoms with Crippen LogP contribution < -0.4 is 14.4 Å². The zero-order valence-electron chi connectivity index (χ0n) is 16.1. The smallest absolute Gasteiger partial charge is 0.243 e. The summed E-state index contributed by atoms with van der Waals surface area (Å²) in [4.78, 5) is 12.6. The van der Waals surface area contributed by atoms with E-state index in [0.717, 1.165) is 27.4 Å². The summed E-state index contributed by atoms with van der Waals surface area (Å²) in [5, 5.41) is 2.80. The molecular weight excluding hydrogens is 364 g/mol. The van der Waals surface area contributed by atoms with Gasteiger partial charge in [-0.2, -0.15) is 0 Å². The SMILES string of the molecule is CCOc1ccc(CNC(=O)[C@@H](C)N(c2cccc(C)c2)S(C)(=O)=O)cc1. The van der Waals surface area contributed by atoms with Gasteiger partial charge < -0.3 is 10.1 Å². The Labute approximate surface area is 161 Å². The van der Waals surface area contributed by atoms with Gasteiger partial charge in [0.2, 0.25) is 15.9 Å². The average molecular weight is 391 g/mol. The van der Waals surface area contributed by atoms with E-state index in [1.165, 1.54) is 0 Å². The summed E-state index contributed by atoms with van der Waals surface area (Å²) >= 11 is 0. The molecular formula is C20H26N2O4S. The first kappa shape index (κ1) is 20.8. The van der Waals surface area contributed by atoms with E-state index >= 15 is 0 Å². The summed E-state index contributed by atoms with van der Waals surface area (Å²) < 4.78 is 31.1. The number of carbonyl (C=O) groups is 1. The Bertz CT molecular complexity index is 879. The molecule has 27 heavy (non-hydrogen) atoms. The number of amides is 1. The predicted octanol–water partition coefficient (Wildman–Crippen LogP) is 2.86. The number of ether oxygens (including phenoxy) is 1. The monoisotopic (exact) mass is 390 g/mol. The van der Waals surface area contributed by atoms with Crippen molar-refractivity contribution < 1.29 is 17.9 Å². The van der Waals surface area contributed by atoms with Crippen molar-refractivity contribution in [2.24, 2.45) is 0 Å². The van der Waals surface area contributed by atoms with Crippen molar-refractivity contribution in [3.63, 3.8) is 0 Å². The molecule has 7 heteroatoms. The fourth-order valence-corrected chi connectivity index (χ4v) is 3.95. The van der Waals surface area contributed by atoms with Gasteiger partial charge in [-0.1, -0.05) is 24.3 Å². The molecule has 1 N–H and O–H groups in total. The van der Waals surface area contributed by atoms with Crippen molar-refractivity contribution in [3.05, 3.63) is 59.7 Å². The van der Waals surface area contributed by atoms with E-state index in [9.17, 15) is 13.2 Å². The topological polar surface area (TPSA) is 75.7 Å². The third kappa shape index (κ3) is 5.72. The molecule has 146 valence electrons. The van der Waals surface area contributed by atoms with Crippen molar-refractivity contribution in [1.29, 1.82) is 0 Å². The van der Waals surface area contributed by atoms with Gasteiger partial charge in [-0.3, -0.25) is 9.10 Å². The van der Waals surface area contributed by atoms with Gasteiger partial charge in [-0.15, -0.1) is 0 Å². The predicted molar refractivity (Wildman–Crippen MR) is 107 cm³/mol. The lowest BCUT2D eigenvalue weighted by atomic mass is 10.2. The molecule has 0 radical (unpaired) electrons. The van der Waals surface area contributed by atoms with Crippen LogP contribution in [0, 0.1) is 6.92 Å². The molecule has 1 atom stereocenters. The number of hydrogen-bond acceptors (Lipinski definition) is 4. The number of nitrogens with zero attached hydrogens (tertiary/aromatic N) is 1. The van der Waals surface area contributed by atoms with Crippen LogP contribution in [0.1, 0.15) is 25.0 Å². The minimum absolute atomic E-state index is 0.307. The molecule has 0 fully saturated rings. The number of carbonyl (C=O) groups excluding carboxylic acids is 1. The third-order valence-corrected chi connectivity index (χ3v) is 5.29. The fourth-order valence-electron chi connectivity index (χ4n) is 2.78. The van der Waals surface area contributed by atoms with Crippen molar-refractivity contribution in [1.82, 2.24) is 5.32 Å². The highest BCUT2D eigenvalue weighted by Gasteiger charge is 2.28. The van der Waals surface area contributed by atoms with E-state index in [-0.39, 0.29) is 5.91 Å². The summed E-state index contributed by atoms with van der Waals surface area (Å²) in [6.07, 6.45) is 1.10. The van der Waals surface area contributed by atoms with Gasteiger partial charge in [-0.05, 0) is 56.2 Å². The number of hydrogen-bond donors (Lipinski definition) is 1. The summed E-state index contributed by atoms with van der Waals surface area (Å²) in [6.45, 7) is 6.27. The molecule has 6 nitrogen and oxygen atoms in total. The molecule has 0 heterocycles. The molecule has 0 saturated heterocycles. The normalized spacial score (nSPS) is 12.3. The standard InChI is InChI=1S/C20H26N2O4S/c1-5-26-19-11-9-17(10-12-19)14-21-20(23)16(3)22(27(4,24)25)18-8-6-7-15(2)13-18/h6-13,16H,5,14H2,1-4H3,(H,21,23)/t16-/m1/s1. The molecule has 2 aromatic carbocycles. The molecule has 2 aromatic rings. The molecule has 2 rings (SSSR count). The first-order chi connectivity index (χ1) is 12.7. The number of sulfonamides is 1. The van der Waals surface area contributed by atoms with Crippen LogP contribution in [0.3, 0.4) is 0 Å². The van der Waals surface area contributed by atoms with Gasteiger partial charge in [0.05, 0.1) is 18.6 Å². The first-order valence-corrected chi connectivity index (χ1v) is 10.6. The van der Waals surface area contributed by atoms with Gasteiger partial charge in [0.25, 0.3) is 0 Å². The van der Waals surface area contributed by atoms with E-state index in [4.69, 9.17) is 4.74 Å². The van der Waals surface area contributed by atoms with Crippen LogP contribution in [-0.2, 0) is 21.4 Å². The largest absolute Gasteiger partial charge is 0.494 e. The maximum Gasteiger partial charge on any atom is 0.243 e. The Kier molecular flexibility index (Phi) is 6.85. The van der Waals surface area contributed by atoms with E-state index in [0.29, 0.717) is 18.8 Å². The lowest BCUT2D eigenvalue weighted by Crippen LogP contribution is -2.47. The van der Waals surface area contributed by atoms with Gasteiger partial charge in [0.1, 0.15) is 11.8 Å². The molecule has 0 unspecified atom stereocenters. The van der Waals surface area contributed by atoms with E-state index in [1.807, 2.05) is 44.2 Å². The quantitative estimate of drug-likeness (QED) is 0.752. The van der Waals surface area contributed by atoms with Gasteiger partial charge in [0, 0.05) is 6.54 Å². The average Bonchev–Trinajstić information content (AvgIpc) is 2.60. The van der Waals surface area contributed by atoms with E-state index in [2.05, 4.69) is 5.32 Å². The summed E-state index contributed by atoms with van der Waals surface area (Å²) in [5.74, 6) is 0.402. The molecule has 0 saturated carbocycles. The van der Waals surface area contributed by atoms with Crippen molar-refractivity contribution in [2.75, 3.05) is 17.2 Å². The number of aryl methyl sites for hydroxylation is 1. The second kappa shape index (κ2) is 8.90. The van der Waals surface area contributed by atoms with Crippen LogP contribution in [0.2, 0.25) is 0 Å². The van der Waals surface area contributed by atoms with Crippen LogP contribution in [0.4, 0.5) is 5.69 Å². The molecule has 0 bridgehead atoms. The highest BCUT2D eigenvalue weighted by atomic mass is 32.2. The van der Waals surface area contributed by atoms with Crippen LogP contribution in [0.25, 0.3) is 0 Å². The Balaban J connectivity index is 2.11. The highest BCUT2D eigenvalue weighted by Crippen LogP contribution is 2.22. The molecule has 0 aliphatic carbocycles. The van der Waals surface area contributed by atoms with Gasteiger partial charge in [-0.25, -0.2) is 8.42 Å². The maximum atomic E-state index is 12.6. The van der Waals surface area contributed by atoms with Crippen molar-refractivity contribution in [3.8, 4) is 5.75 Å². The van der Waals surface area contributed by atoms with Crippen LogP contribution in [0.5, 0.6) is 5.75 Å². The zero-order valence-corrected chi connectivity index (χ0v) is 16.9. The lowest BCUT2D eigenvalue weighted by molar-refractivity contribution is -0.122. The van der Waals surface area contributed by atoms with Crippen LogP contribution in [0.15, 0.2) is 48.5 Å². The summed E-state index contributed by atoms with van der Waals surface area (Å²) in [7, 11) is -3.62. The highest BCUT2D eigenvalue weighted by molar-refractivity contribution is 7.92. The van der Waals surface area contributed by atoms with Crippen LogP contribution >= 0.6 is 0 Å². The lowest BCUT2D eigenvalue weighted by Gasteiger charge is -2.28. The molecule has 0 aromatic heterocycles. The minimum Gasteiger partial charge on any atom is -0.494 e. The second-order valence-corrected chi connectivity index (χ2v) is 8.23. The Morgan fingerprint density at radius 1 is 1.19 bits per heavy atom. The Morgan fingerprint density at radius 2 is 1.85 bits per heavy atom. The second-order valence-electron chi connectivity index (χ2n) is 6.37. The summed E-state index contributed by atoms with van der Waals surface area (Å²) in [5.41, 5.74) is 2.30.